The molecular weight excluding hydrogens is 240 g/mol. The van der Waals surface area contributed by atoms with E-state index in [2.05, 4.69) is 34.8 Å². The van der Waals surface area contributed by atoms with Crippen molar-refractivity contribution in [1.82, 2.24) is 5.43 Å². The average molecular weight is 264 g/mol. The third-order valence-corrected chi connectivity index (χ3v) is 2.67. The summed E-state index contributed by atoms with van der Waals surface area (Å²) in [5.41, 5.74) is 4.88. The standard InChI is InChI=1S/C14H24N4O/c1-3-5-12-6-8-13(9-7-12)17-14(18-15)16-10-4-11-19-2/h6-9H,3-5,10-11,15H2,1-2H3,(H2,16,17,18). The number of guanidine groups is 1. The lowest BCUT2D eigenvalue weighted by molar-refractivity contribution is 0.197. The Hall–Kier alpha value is -1.59. The fourth-order valence-corrected chi connectivity index (χ4v) is 1.70. The summed E-state index contributed by atoms with van der Waals surface area (Å²) in [6.07, 6.45) is 3.13. The second-order valence-electron chi connectivity index (χ2n) is 4.29. The molecule has 0 saturated heterocycles. The van der Waals surface area contributed by atoms with E-state index in [1.807, 2.05) is 12.1 Å². The number of nitrogens with two attached hydrogens (primary N) is 1. The van der Waals surface area contributed by atoms with Gasteiger partial charge in [-0.2, -0.15) is 0 Å². The number of hydrogen-bond acceptors (Lipinski definition) is 3. The van der Waals surface area contributed by atoms with E-state index in [9.17, 15) is 0 Å². The SMILES string of the molecule is CCCc1ccc(NC(=NCCCOC)NN)cc1. The molecule has 0 saturated carbocycles. The van der Waals surface area contributed by atoms with Gasteiger partial charge < -0.3 is 10.1 Å². The van der Waals surface area contributed by atoms with Gasteiger partial charge in [-0.25, -0.2) is 5.84 Å². The molecular formula is C14H24N4O. The van der Waals surface area contributed by atoms with Crippen LogP contribution in [-0.2, 0) is 11.2 Å². The van der Waals surface area contributed by atoms with Gasteiger partial charge in [-0.15, -0.1) is 0 Å². The quantitative estimate of drug-likeness (QED) is 0.231. The molecule has 0 aromatic heterocycles. The van der Waals surface area contributed by atoms with Crippen LogP contribution < -0.4 is 16.6 Å². The summed E-state index contributed by atoms with van der Waals surface area (Å²) in [6.45, 7) is 3.55. The number of methoxy groups -OCH3 is 1. The van der Waals surface area contributed by atoms with Crippen molar-refractivity contribution in [3.05, 3.63) is 29.8 Å². The number of hydrazine groups is 1. The number of rotatable bonds is 7. The smallest absolute Gasteiger partial charge is 0.210 e. The first-order chi connectivity index (χ1) is 9.30. The van der Waals surface area contributed by atoms with Crippen LogP contribution in [0.1, 0.15) is 25.3 Å². The molecule has 0 bridgehead atoms. The minimum Gasteiger partial charge on any atom is -0.385 e. The van der Waals surface area contributed by atoms with E-state index in [0.29, 0.717) is 19.1 Å². The topological polar surface area (TPSA) is 71.7 Å². The molecule has 19 heavy (non-hydrogen) atoms. The largest absolute Gasteiger partial charge is 0.385 e. The number of anilines is 1. The summed E-state index contributed by atoms with van der Waals surface area (Å²) in [5.74, 6) is 6.01. The summed E-state index contributed by atoms with van der Waals surface area (Å²) in [6, 6.07) is 8.30. The molecule has 5 nitrogen and oxygen atoms in total. The second kappa shape index (κ2) is 9.35. The van der Waals surface area contributed by atoms with Crippen molar-refractivity contribution < 1.29 is 4.74 Å². The number of aryl methyl sites for hydroxylation is 1. The van der Waals surface area contributed by atoms with Gasteiger partial charge in [-0.05, 0) is 30.5 Å². The molecule has 1 aromatic carbocycles. The van der Waals surface area contributed by atoms with Crippen LogP contribution in [0.15, 0.2) is 29.3 Å². The Morgan fingerprint density at radius 3 is 2.63 bits per heavy atom. The average Bonchev–Trinajstić information content (AvgIpc) is 2.44. The number of benzene rings is 1. The summed E-state index contributed by atoms with van der Waals surface area (Å²) in [5, 5.41) is 3.15. The molecule has 0 spiro atoms. The maximum Gasteiger partial charge on any atom is 0.210 e. The van der Waals surface area contributed by atoms with Crippen molar-refractivity contribution in [3.63, 3.8) is 0 Å². The Balaban J connectivity index is 2.50. The molecule has 0 aliphatic rings. The van der Waals surface area contributed by atoms with Crippen molar-refractivity contribution in [2.24, 2.45) is 10.8 Å². The van der Waals surface area contributed by atoms with E-state index in [1.54, 1.807) is 7.11 Å². The lowest BCUT2D eigenvalue weighted by Gasteiger charge is -2.09. The highest BCUT2D eigenvalue weighted by molar-refractivity contribution is 5.93. The van der Waals surface area contributed by atoms with Crippen LogP contribution in [-0.4, -0.2) is 26.2 Å². The minimum atomic E-state index is 0.569. The Labute approximate surface area is 115 Å². The van der Waals surface area contributed by atoms with Crippen LogP contribution in [0.5, 0.6) is 0 Å². The Bertz CT molecular complexity index is 376. The molecule has 0 atom stereocenters. The molecule has 1 rings (SSSR count). The zero-order chi connectivity index (χ0) is 13.9. The van der Waals surface area contributed by atoms with Gasteiger partial charge in [0.1, 0.15) is 0 Å². The van der Waals surface area contributed by atoms with Gasteiger partial charge in [0.05, 0.1) is 0 Å². The summed E-state index contributed by atoms with van der Waals surface area (Å²) in [7, 11) is 1.68. The molecule has 0 radical (unpaired) electrons. The van der Waals surface area contributed by atoms with Crippen LogP contribution >= 0.6 is 0 Å². The first kappa shape index (κ1) is 15.5. The molecule has 0 heterocycles. The third kappa shape index (κ3) is 6.22. The zero-order valence-electron chi connectivity index (χ0n) is 11.8. The van der Waals surface area contributed by atoms with E-state index < -0.39 is 0 Å². The van der Waals surface area contributed by atoms with Crippen LogP contribution in [0.3, 0.4) is 0 Å². The van der Waals surface area contributed by atoms with Gasteiger partial charge in [0, 0.05) is 25.9 Å². The van der Waals surface area contributed by atoms with E-state index >= 15 is 0 Å². The monoisotopic (exact) mass is 264 g/mol. The number of aliphatic imine (C=N–C) groups is 1. The molecule has 1 aromatic rings. The van der Waals surface area contributed by atoms with Crippen LogP contribution in [0.2, 0.25) is 0 Å². The van der Waals surface area contributed by atoms with E-state index in [0.717, 1.165) is 24.9 Å². The van der Waals surface area contributed by atoms with Crippen LogP contribution in [0, 0.1) is 0 Å². The third-order valence-electron chi connectivity index (χ3n) is 2.67. The zero-order valence-corrected chi connectivity index (χ0v) is 11.8. The first-order valence-corrected chi connectivity index (χ1v) is 6.66. The Kier molecular flexibility index (Phi) is 7.62. The highest BCUT2D eigenvalue weighted by Crippen LogP contribution is 2.10. The Morgan fingerprint density at radius 2 is 2.05 bits per heavy atom. The molecule has 106 valence electrons. The van der Waals surface area contributed by atoms with Gasteiger partial charge in [0.25, 0.3) is 0 Å². The molecule has 4 N–H and O–H groups in total. The summed E-state index contributed by atoms with van der Waals surface area (Å²) >= 11 is 0. The van der Waals surface area contributed by atoms with Crippen LogP contribution in [0.25, 0.3) is 0 Å². The maximum absolute atomic E-state index is 5.44. The lowest BCUT2D eigenvalue weighted by atomic mass is 10.1. The predicted octanol–water partition coefficient (Wildman–Crippen LogP) is 1.91. The normalized spacial score (nSPS) is 11.4. The van der Waals surface area contributed by atoms with Crippen molar-refractivity contribution in [3.8, 4) is 0 Å². The van der Waals surface area contributed by atoms with Crippen LogP contribution in [0.4, 0.5) is 5.69 Å². The summed E-state index contributed by atoms with van der Waals surface area (Å²) in [4.78, 5) is 4.32. The van der Waals surface area contributed by atoms with E-state index in [-0.39, 0.29) is 0 Å². The van der Waals surface area contributed by atoms with Crippen molar-refractivity contribution >= 4 is 11.6 Å². The maximum atomic E-state index is 5.44. The van der Waals surface area contributed by atoms with Gasteiger partial charge in [0.15, 0.2) is 0 Å². The second-order valence-corrected chi connectivity index (χ2v) is 4.29. The fourth-order valence-electron chi connectivity index (χ4n) is 1.70. The number of nitrogens with one attached hydrogen (secondary N) is 2. The minimum absolute atomic E-state index is 0.569. The molecule has 0 aliphatic carbocycles. The number of ether oxygens (including phenoxy) is 1. The van der Waals surface area contributed by atoms with E-state index in [4.69, 9.17) is 10.6 Å². The van der Waals surface area contributed by atoms with Gasteiger partial charge in [0.2, 0.25) is 5.96 Å². The number of hydrogen-bond donors (Lipinski definition) is 3. The highest BCUT2D eigenvalue weighted by atomic mass is 16.5. The first-order valence-electron chi connectivity index (χ1n) is 6.66. The van der Waals surface area contributed by atoms with Crippen molar-refractivity contribution in [2.45, 2.75) is 26.2 Å². The van der Waals surface area contributed by atoms with Crippen molar-refractivity contribution in [1.29, 1.82) is 0 Å². The molecule has 0 fully saturated rings. The van der Waals surface area contributed by atoms with Gasteiger partial charge in [-0.3, -0.25) is 10.4 Å². The van der Waals surface area contributed by atoms with Gasteiger partial charge in [-0.1, -0.05) is 25.5 Å². The highest BCUT2D eigenvalue weighted by Gasteiger charge is 1.98. The van der Waals surface area contributed by atoms with Crippen molar-refractivity contribution in [2.75, 3.05) is 25.6 Å². The number of nitrogens with zero attached hydrogens (tertiary/aromatic N) is 1. The molecule has 0 unspecified atom stereocenters. The molecule has 0 amide bonds. The molecule has 0 aliphatic heterocycles. The summed E-state index contributed by atoms with van der Waals surface area (Å²) < 4.78 is 4.97. The lowest BCUT2D eigenvalue weighted by Crippen LogP contribution is -2.36. The molecule has 5 heteroatoms. The predicted molar refractivity (Wildman–Crippen MR) is 80.2 cm³/mol. The van der Waals surface area contributed by atoms with Gasteiger partial charge >= 0.3 is 0 Å². The fraction of sp³-hybridized carbons (Fsp3) is 0.500. The van der Waals surface area contributed by atoms with E-state index in [1.165, 1.54) is 5.56 Å². The Morgan fingerprint density at radius 1 is 1.32 bits per heavy atom.